The highest BCUT2D eigenvalue weighted by Crippen LogP contribution is 2.17. The minimum absolute atomic E-state index is 0.0352. The summed E-state index contributed by atoms with van der Waals surface area (Å²) in [5.41, 5.74) is 0.175. The van der Waals surface area contributed by atoms with Gasteiger partial charge in [-0.05, 0) is 25.3 Å². The standard InChI is InChI=1S/C14H16F2N2O3S/c1-3-21-13(20)7-6-12(19)18-14(22-2)17-9-4-5-10(15)11(16)8-9/h4-5,8H,3,6-7H2,1-2H3,(H,17,18,19). The lowest BCUT2D eigenvalue weighted by molar-refractivity contribution is -0.144. The first-order valence-corrected chi connectivity index (χ1v) is 7.72. The van der Waals surface area contributed by atoms with E-state index in [2.05, 4.69) is 10.3 Å². The molecule has 0 saturated carbocycles. The molecule has 1 N–H and O–H groups in total. The minimum atomic E-state index is -1.02. The van der Waals surface area contributed by atoms with Gasteiger partial charge in [-0.25, -0.2) is 13.8 Å². The molecule has 0 unspecified atom stereocenters. The van der Waals surface area contributed by atoms with E-state index in [1.807, 2.05) is 0 Å². The molecule has 0 aromatic heterocycles. The topological polar surface area (TPSA) is 67.8 Å². The van der Waals surface area contributed by atoms with Crippen LogP contribution in [0.1, 0.15) is 19.8 Å². The Balaban J connectivity index is 2.63. The molecule has 120 valence electrons. The maximum Gasteiger partial charge on any atom is 0.306 e. The lowest BCUT2D eigenvalue weighted by Gasteiger charge is -2.06. The number of nitrogens with zero attached hydrogens (tertiary/aromatic N) is 1. The van der Waals surface area contributed by atoms with E-state index in [-0.39, 0.29) is 30.3 Å². The van der Waals surface area contributed by atoms with E-state index in [1.165, 1.54) is 6.07 Å². The van der Waals surface area contributed by atoms with Gasteiger partial charge in [0.2, 0.25) is 5.91 Å². The van der Waals surface area contributed by atoms with Crippen LogP contribution >= 0.6 is 11.8 Å². The van der Waals surface area contributed by atoms with Crippen molar-refractivity contribution in [3.8, 4) is 0 Å². The first-order chi connectivity index (χ1) is 10.5. The normalized spacial score (nSPS) is 11.2. The highest BCUT2D eigenvalue weighted by atomic mass is 32.2. The first-order valence-electron chi connectivity index (χ1n) is 6.49. The van der Waals surface area contributed by atoms with Gasteiger partial charge in [-0.15, -0.1) is 0 Å². The Morgan fingerprint density at radius 3 is 2.59 bits per heavy atom. The minimum Gasteiger partial charge on any atom is -0.466 e. The van der Waals surface area contributed by atoms with Gasteiger partial charge in [-0.2, -0.15) is 0 Å². The molecular formula is C14H16F2N2O3S. The van der Waals surface area contributed by atoms with Crippen LogP contribution in [0.4, 0.5) is 14.5 Å². The fourth-order valence-corrected chi connectivity index (χ4v) is 1.84. The predicted octanol–water partition coefficient (Wildman–Crippen LogP) is 2.77. The lowest BCUT2D eigenvalue weighted by atomic mass is 10.3. The number of hydrogen-bond acceptors (Lipinski definition) is 5. The van der Waals surface area contributed by atoms with Crippen LogP contribution in [0.2, 0.25) is 0 Å². The number of hydrogen-bond donors (Lipinski definition) is 1. The Morgan fingerprint density at radius 2 is 2.00 bits per heavy atom. The zero-order valence-corrected chi connectivity index (χ0v) is 13.0. The molecule has 0 atom stereocenters. The molecule has 1 rings (SSSR count). The molecule has 1 aromatic carbocycles. The zero-order valence-electron chi connectivity index (χ0n) is 12.2. The van der Waals surface area contributed by atoms with Crippen molar-refractivity contribution >= 4 is 34.5 Å². The number of rotatable bonds is 5. The Kier molecular flexibility index (Phi) is 7.51. The monoisotopic (exact) mass is 330 g/mol. The van der Waals surface area contributed by atoms with E-state index in [0.29, 0.717) is 0 Å². The average Bonchev–Trinajstić information content (AvgIpc) is 2.48. The molecule has 0 aliphatic carbocycles. The average molecular weight is 330 g/mol. The maximum atomic E-state index is 13.1. The van der Waals surface area contributed by atoms with Crippen LogP contribution in [-0.4, -0.2) is 29.9 Å². The van der Waals surface area contributed by atoms with Crippen LogP contribution in [0.3, 0.4) is 0 Å². The number of carbonyl (C=O) groups excluding carboxylic acids is 2. The summed E-state index contributed by atoms with van der Waals surface area (Å²) in [6, 6.07) is 3.17. The number of ether oxygens (including phenoxy) is 1. The smallest absolute Gasteiger partial charge is 0.306 e. The number of esters is 1. The molecule has 22 heavy (non-hydrogen) atoms. The summed E-state index contributed by atoms with van der Waals surface area (Å²) in [5, 5.41) is 2.72. The quantitative estimate of drug-likeness (QED) is 0.512. The van der Waals surface area contributed by atoms with Gasteiger partial charge in [0.25, 0.3) is 0 Å². The summed E-state index contributed by atoms with van der Waals surface area (Å²) in [4.78, 5) is 26.8. The molecule has 0 heterocycles. The molecule has 8 heteroatoms. The van der Waals surface area contributed by atoms with Crippen LogP contribution in [0, 0.1) is 11.6 Å². The van der Waals surface area contributed by atoms with Crippen molar-refractivity contribution < 1.29 is 23.1 Å². The van der Waals surface area contributed by atoms with Crippen molar-refractivity contribution in [1.82, 2.24) is 5.32 Å². The summed E-state index contributed by atoms with van der Waals surface area (Å²) in [7, 11) is 0. The van der Waals surface area contributed by atoms with E-state index in [0.717, 1.165) is 23.9 Å². The summed E-state index contributed by atoms with van der Waals surface area (Å²) >= 11 is 1.13. The van der Waals surface area contributed by atoms with E-state index in [4.69, 9.17) is 4.74 Å². The number of aliphatic imine (C=N–C) groups is 1. The van der Waals surface area contributed by atoms with Gasteiger partial charge >= 0.3 is 5.97 Å². The molecule has 0 spiro atoms. The Hall–Kier alpha value is -1.96. The van der Waals surface area contributed by atoms with Gasteiger partial charge in [0.15, 0.2) is 16.8 Å². The molecule has 5 nitrogen and oxygen atoms in total. The van der Waals surface area contributed by atoms with E-state index in [1.54, 1.807) is 13.2 Å². The van der Waals surface area contributed by atoms with Crippen LogP contribution < -0.4 is 5.32 Å². The largest absolute Gasteiger partial charge is 0.466 e. The van der Waals surface area contributed by atoms with Crippen LogP contribution in [0.25, 0.3) is 0 Å². The Labute approximate surface area is 131 Å². The number of halogens is 2. The van der Waals surface area contributed by atoms with Crippen molar-refractivity contribution in [3.63, 3.8) is 0 Å². The SMILES string of the molecule is CCOC(=O)CCC(=O)N/C(=N/c1ccc(F)c(F)c1)SC. The molecule has 0 radical (unpaired) electrons. The number of benzene rings is 1. The lowest BCUT2D eigenvalue weighted by Crippen LogP contribution is -2.28. The van der Waals surface area contributed by atoms with Crippen molar-refractivity contribution in [2.24, 2.45) is 4.99 Å². The van der Waals surface area contributed by atoms with E-state index >= 15 is 0 Å². The van der Waals surface area contributed by atoms with Crippen molar-refractivity contribution in [2.45, 2.75) is 19.8 Å². The Bertz CT molecular complexity index is 579. The van der Waals surface area contributed by atoms with Gasteiger partial charge in [-0.3, -0.25) is 9.59 Å². The third-order valence-corrected chi connectivity index (χ3v) is 3.02. The number of carbonyl (C=O) groups is 2. The maximum absolute atomic E-state index is 13.1. The molecule has 1 amide bonds. The highest BCUT2D eigenvalue weighted by Gasteiger charge is 2.10. The number of amides is 1. The van der Waals surface area contributed by atoms with Crippen molar-refractivity contribution in [1.29, 1.82) is 0 Å². The van der Waals surface area contributed by atoms with Crippen molar-refractivity contribution in [2.75, 3.05) is 12.9 Å². The number of amidine groups is 1. The van der Waals surface area contributed by atoms with Gasteiger partial charge in [0, 0.05) is 12.5 Å². The summed E-state index contributed by atoms with van der Waals surface area (Å²) in [6.07, 6.45) is 1.59. The fraction of sp³-hybridized carbons (Fsp3) is 0.357. The first kappa shape index (κ1) is 18.1. The predicted molar refractivity (Wildman–Crippen MR) is 81.0 cm³/mol. The molecule has 0 bridgehead atoms. The van der Waals surface area contributed by atoms with Crippen LogP contribution in [0.15, 0.2) is 23.2 Å². The summed E-state index contributed by atoms with van der Waals surface area (Å²) < 4.78 is 30.6. The third kappa shape index (κ3) is 6.21. The fourth-order valence-electron chi connectivity index (χ4n) is 1.43. The second kappa shape index (κ2) is 9.14. The highest BCUT2D eigenvalue weighted by molar-refractivity contribution is 8.13. The number of nitrogens with one attached hydrogen (secondary N) is 1. The molecule has 0 aliphatic heterocycles. The van der Waals surface area contributed by atoms with E-state index < -0.39 is 23.5 Å². The second-order valence-electron chi connectivity index (χ2n) is 4.07. The molecule has 0 saturated heterocycles. The van der Waals surface area contributed by atoms with Gasteiger partial charge < -0.3 is 10.1 Å². The third-order valence-electron chi connectivity index (χ3n) is 2.44. The molecule has 0 fully saturated rings. The van der Waals surface area contributed by atoms with Crippen LogP contribution in [-0.2, 0) is 14.3 Å². The summed E-state index contributed by atoms with van der Waals surface area (Å²) in [5.74, 6) is -2.86. The van der Waals surface area contributed by atoms with Gasteiger partial charge in [0.05, 0.1) is 18.7 Å². The number of thioether (sulfide) groups is 1. The van der Waals surface area contributed by atoms with Gasteiger partial charge in [-0.1, -0.05) is 11.8 Å². The Morgan fingerprint density at radius 1 is 1.27 bits per heavy atom. The molecule has 1 aromatic rings. The summed E-state index contributed by atoms with van der Waals surface area (Å²) in [6.45, 7) is 1.94. The molecule has 0 aliphatic rings. The van der Waals surface area contributed by atoms with Crippen LogP contribution in [0.5, 0.6) is 0 Å². The van der Waals surface area contributed by atoms with E-state index in [9.17, 15) is 18.4 Å². The van der Waals surface area contributed by atoms with Crippen molar-refractivity contribution in [3.05, 3.63) is 29.8 Å². The second-order valence-corrected chi connectivity index (χ2v) is 4.87. The van der Waals surface area contributed by atoms with Gasteiger partial charge in [0.1, 0.15) is 0 Å². The zero-order chi connectivity index (χ0) is 16.5. The molecular weight excluding hydrogens is 314 g/mol.